The highest BCUT2D eigenvalue weighted by Gasteiger charge is 2.34. The third kappa shape index (κ3) is 3.04. The van der Waals surface area contributed by atoms with Crippen molar-refractivity contribution in [1.82, 2.24) is 9.78 Å². The van der Waals surface area contributed by atoms with Gasteiger partial charge in [-0.3, -0.25) is 4.68 Å². The topological polar surface area (TPSA) is 39.1 Å². The second-order valence-electron chi connectivity index (χ2n) is 4.21. The minimum absolute atomic E-state index is 0.0134. The second-order valence-corrected chi connectivity index (χ2v) is 4.21. The lowest BCUT2D eigenvalue weighted by Crippen LogP contribution is -2.12. The molecule has 1 aromatic heterocycles. The number of methoxy groups -OCH3 is 1. The fraction of sp³-hybridized carbons (Fsp3) is 0.308. The molecule has 0 amide bonds. The zero-order valence-electron chi connectivity index (χ0n) is 11.0. The maximum atomic E-state index is 13.0. The zero-order chi connectivity index (χ0) is 14.8. The number of alkyl halides is 3. The Morgan fingerprint density at radius 2 is 2.05 bits per heavy atom. The molecule has 0 radical (unpaired) electrons. The third-order valence-corrected chi connectivity index (χ3v) is 2.91. The lowest BCUT2D eigenvalue weighted by molar-refractivity contribution is -0.137. The summed E-state index contributed by atoms with van der Waals surface area (Å²) in [6.45, 7) is 0.256. The first-order chi connectivity index (χ1) is 9.41. The van der Waals surface area contributed by atoms with Crippen LogP contribution in [0, 0.1) is 0 Å². The van der Waals surface area contributed by atoms with E-state index < -0.39 is 11.7 Å². The molecule has 20 heavy (non-hydrogen) atoms. The third-order valence-electron chi connectivity index (χ3n) is 2.91. The minimum atomic E-state index is -4.44. The van der Waals surface area contributed by atoms with Crippen molar-refractivity contribution in [3.05, 3.63) is 41.7 Å². The summed E-state index contributed by atoms with van der Waals surface area (Å²) in [5.74, 6) is 0.170. The van der Waals surface area contributed by atoms with Gasteiger partial charge in [-0.25, -0.2) is 0 Å². The monoisotopic (exact) mass is 285 g/mol. The van der Waals surface area contributed by atoms with E-state index in [-0.39, 0.29) is 18.0 Å². The van der Waals surface area contributed by atoms with Crippen molar-refractivity contribution < 1.29 is 17.9 Å². The van der Waals surface area contributed by atoms with E-state index in [1.165, 1.54) is 19.2 Å². The van der Waals surface area contributed by atoms with Gasteiger partial charge in [0.15, 0.2) is 0 Å². The Kier molecular flexibility index (Phi) is 3.87. The molecule has 0 spiro atoms. The molecule has 4 nitrogen and oxygen atoms in total. The first-order valence-electron chi connectivity index (χ1n) is 5.88. The molecule has 0 aliphatic carbocycles. The predicted molar refractivity (Wildman–Crippen MR) is 68.5 cm³/mol. The van der Waals surface area contributed by atoms with Crippen molar-refractivity contribution in [2.24, 2.45) is 7.05 Å². The maximum Gasteiger partial charge on any atom is 0.418 e. The Balaban J connectivity index is 2.25. The molecule has 0 aliphatic rings. The summed E-state index contributed by atoms with van der Waals surface area (Å²) in [6, 6.07) is 5.56. The number of anilines is 1. The van der Waals surface area contributed by atoms with Gasteiger partial charge in [0.25, 0.3) is 0 Å². The maximum absolute atomic E-state index is 13.0. The Hall–Kier alpha value is -2.18. The predicted octanol–water partition coefficient (Wildman–Crippen LogP) is 3.06. The average Bonchev–Trinajstić information content (AvgIpc) is 2.80. The molecule has 2 rings (SSSR count). The fourth-order valence-electron chi connectivity index (χ4n) is 1.80. The number of halogens is 3. The van der Waals surface area contributed by atoms with Crippen molar-refractivity contribution in [3.8, 4) is 5.75 Å². The Labute approximate surface area is 114 Å². The van der Waals surface area contributed by atoms with Gasteiger partial charge >= 0.3 is 6.18 Å². The van der Waals surface area contributed by atoms with E-state index >= 15 is 0 Å². The average molecular weight is 285 g/mol. The van der Waals surface area contributed by atoms with Crippen LogP contribution < -0.4 is 10.1 Å². The van der Waals surface area contributed by atoms with E-state index in [0.29, 0.717) is 0 Å². The van der Waals surface area contributed by atoms with E-state index in [1.807, 2.05) is 0 Å². The molecular weight excluding hydrogens is 271 g/mol. The van der Waals surface area contributed by atoms with Crippen molar-refractivity contribution in [3.63, 3.8) is 0 Å². The number of aromatic nitrogens is 2. The lowest BCUT2D eigenvalue weighted by Gasteiger charge is -2.15. The number of rotatable bonds is 4. The molecule has 1 heterocycles. The van der Waals surface area contributed by atoms with E-state index in [2.05, 4.69) is 10.4 Å². The van der Waals surface area contributed by atoms with Crippen molar-refractivity contribution >= 4 is 5.69 Å². The van der Waals surface area contributed by atoms with Gasteiger partial charge in [-0.15, -0.1) is 0 Å². The van der Waals surface area contributed by atoms with Crippen LogP contribution in [0.3, 0.4) is 0 Å². The molecule has 0 saturated heterocycles. The van der Waals surface area contributed by atoms with E-state index in [9.17, 15) is 13.2 Å². The second kappa shape index (κ2) is 5.44. The molecule has 2 aromatic rings. The quantitative estimate of drug-likeness (QED) is 0.938. The summed E-state index contributed by atoms with van der Waals surface area (Å²) in [4.78, 5) is 0. The van der Waals surface area contributed by atoms with Crippen LogP contribution in [-0.2, 0) is 19.8 Å². The van der Waals surface area contributed by atoms with Crippen LogP contribution in [0.5, 0.6) is 5.75 Å². The molecule has 1 aromatic carbocycles. The number of hydrogen-bond donors (Lipinski definition) is 1. The van der Waals surface area contributed by atoms with E-state index in [0.717, 1.165) is 11.8 Å². The smallest absolute Gasteiger partial charge is 0.418 e. The number of nitrogens with zero attached hydrogens (tertiary/aromatic N) is 2. The van der Waals surface area contributed by atoms with Crippen LogP contribution in [0.15, 0.2) is 30.5 Å². The Morgan fingerprint density at radius 3 is 2.60 bits per heavy atom. The molecule has 0 unspecified atom stereocenters. The largest absolute Gasteiger partial charge is 0.497 e. The van der Waals surface area contributed by atoms with E-state index in [4.69, 9.17) is 4.74 Å². The summed E-state index contributed by atoms with van der Waals surface area (Å²) in [5.41, 5.74) is 0.0486. The molecule has 0 fully saturated rings. The van der Waals surface area contributed by atoms with Gasteiger partial charge in [-0.1, -0.05) is 0 Å². The molecule has 1 N–H and O–H groups in total. The highest BCUT2D eigenvalue weighted by Crippen LogP contribution is 2.37. The van der Waals surface area contributed by atoms with Crippen LogP contribution in [0.4, 0.5) is 18.9 Å². The molecule has 7 heteroatoms. The van der Waals surface area contributed by atoms with Gasteiger partial charge in [0.2, 0.25) is 0 Å². The number of benzene rings is 1. The van der Waals surface area contributed by atoms with Crippen molar-refractivity contribution in [2.45, 2.75) is 12.7 Å². The molecule has 0 aliphatic heterocycles. The minimum Gasteiger partial charge on any atom is -0.497 e. The standard InChI is InChI=1S/C13H14F3N3O/c1-19-9(5-6-18-19)8-17-12-4-3-10(20-2)7-11(12)13(14,15)16/h3-7,17H,8H2,1-2H3. The number of nitrogens with one attached hydrogen (secondary N) is 1. The van der Waals surface area contributed by atoms with Crippen molar-refractivity contribution in [2.75, 3.05) is 12.4 Å². The summed E-state index contributed by atoms with van der Waals surface area (Å²) < 4.78 is 45.4. The van der Waals surface area contributed by atoms with Gasteiger partial charge in [-0.05, 0) is 24.3 Å². The highest BCUT2D eigenvalue weighted by molar-refractivity contribution is 5.55. The molecule has 0 bridgehead atoms. The first-order valence-corrected chi connectivity index (χ1v) is 5.88. The summed E-state index contributed by atoms with van der Waals surface area (Å²) in [6.07, 6.45) is -2.85. The molecule has 108 valence electrons. The summed E-state index contributed by atoms with van der Waals surface area (Å²) >= 11 is 0. The highest BCUT2D eigenvalue weighted by atomic mass is 19.4. The van der Waals surface area contributed by atoms with Crippen LogP contribution in [0.2, 0.25) is 0 Å². The zero-order valence-corrected chi connectivity index (χ0v) is 11.0. The van der Waals surface area contributed by atoms with Crippen molar-refractivity contribution in [1.29, 1.82) is 0 Å². The molecule has 0 atom stereocenters. The SMILES string of the molecule is COc1ccc(NCc2ccnn2C)c(C(F)(F)F)c1. The van der Waals surface area contributed by atoms with Crippen LogP contribution in [0.1, 0.15) is 11.3 Å². The van der Waals surface area contributed by atoms with Crippen LogP contribution in [0.25, 0.3) is 0 Å². The summed E-state index contributed by atoms with van der Waals surface area (Å²) in [7, 11) is 3.06. The van der Waals surface area contributed by atoms with E-state index in [1.54, 1.807) is 24.0 Å². The van der Waals surface area contributed by atoms with Gasteiger partial charge in [0.05, 0.1) is 24.9 Å². The number of hydrogen-bond acceptors (Lipinski definition) is 3. The summed E-state index contributed by atoms with van der Waals surface area (Å²) in [5, 5.41) is 6.74. The normalized spacial score (nSPS) is 11.4. The van der Waals surface area contributed by atoms with Gasteiger partial charge in [0, 0.05) is 18.9 Å². The van der Waals surface area contributed by atoms with Gasteiger partial charge < -0.3 is 10.1 Å². The lowest BCUT2D eigenvalue weighted by atomic mass is 10.1. The number of ether oxygens (including phenoxy) is 1. The fourth-order valence-corrected chi connectivity index (χ4v) is 1.80. The Bertz CT molecular complexity index is 593. The van der Waals surface area contributed by atoms with Crippen LogP contribution >= 0.6 is 0 Å². The Morgan fingerprint density at radius 1 is 1.30 bits per heavy atom. The number of aryl methyl sites for hydroxylation is 1. The molecular formula is C13H14F3N3O. The van der Waals surface area contributed by atoms with Crippen LogP contribution in [-0.4, -0.2) is 16.9 Å². The van der Waals surface area contributed by atoms with Gasteiger partial charge in [0.1, 0.15) is 5.75 Å². The first kappa shape index (κ1) is 14.2. The van der Waals surface area contributed by atoms with Gasteiger partial charge in [-0.2, -0.15) is 18.3 Å². The molecule has 0 saturated carbocycles.